The number of aryl methyl sites for hydroxylation is 1. The molecule has 0 radical (unpaired) electrons. The molecule has 0 aromatic heterocycles. The van der Waals surface area contributed by atoms with Gasteiger partial charge in [0.2, 0.25) is 0 Å². The molecule has 1 atom stereocenters. The molecular weight excluding hydrogens is 331 g/mol. The Morgan fingerprint density at radius 3 is 2.31 bits per heavy atom. The van der Waals surface area contributed by atoms with Crippen molar-refractivity contribution < 1.29 is 18.7 Å². The number of hydrogen-bond acceptors (Lipinski definition) is 3. The number of carbonyl (C=O) groups excluding carboxylic acids is 1. The Labute approximate surface area is 155 Å². The first kappa shape index (κ1) is 20.1. The van der Waals surface area contributed by atoms with Gasteiger partial charge in [0.05, 0.1) is 18.3 Å². The third-order valence-corrected chi connectivity index (χ3v) is 4.84. The number of methoxy groups -OCH3 is 2. The van der Waals surface area contributed by atoms with Gasteiger partial charge in [-0.15, -0.1) is 0 Å². The van der Waals surface area contributed by atoms with Crippen LogP contribution in [-0.2, 0) is 14.3 Å². The minimum absolute atomic E-state index is 0.184. The Morgan fingerprint density at radius 2 is 1.81 bits per heavy atom. The maximum absolute atomic E-state index is 14.3. The van der Waals surface area contributed by atoms with Gasteiger partial charge in [-0.2, -0.15) is 0 Å². The zero-order chi connectivity index (χ0) is 19.5. The molecule has 0 aliphatic heterocycles. The molecule has 0 heterocycles. The molecule has 3 nitrogen and oxygen atoms in total. The fraction of sp³-hybridized carbons (Fsp3) is 0.409. The Morgan fingerprint density at radius 1 is 1.19 bits per heavy atom. The van der Waals surface area contributed by atoms with Crippen molar-refractivity contribution >= 4 is 11.5 Å². The van der Waals surface area contributed by atoms with E-state index in [0.717, 1.165) is 11.1 Å². The molecule has 1 aromatic carbocycles. The van der Waals surface area contributed by atoms with Gasteiger partial charge in [0, 0.05) is 18.6 Å². The first-order chi connectivity index (χ1) is 12.2. The lowest BCUT2D eigenvalue weighted by Crippen LogP contribution is -2.28. The van der Waals surface area contributed by atoms with Crippen LogP contribution in [0.1, 0.15) is 38.3 Å². The van der Waals surface area contributed by atoms with Gasteiger partial charge in [-0.05, 0) is 44.4 Å². The maximum atomic E-state index is 14.3. The van der Waals surface area contributed by atoms with Crippen LogP contribution in [0.25, 0.3) is 5.57 Å². The Kier molecular flexibility index (Phi) is 6.19. The van der Waals surface area contributed by atoms with E-state index < -0.39 is 11.6 Å². The summed E-state index contributed by atoms with van der Waals surface area (Å²) in [5.74, 6) is -0.922. The minimum atomic E-state index is -0.771. The average molecular weight is 358 g/mol. The molecule has 0 fully saturated rings. The van der Waals surface area contributed by atoms with E-state index in [4.69, 9.17) is 9.47 Å². The van der Waals surface area contributed by atoms with E-state index >= 15 is 0 Å². The summed E-state index contributed by atoms with van der Waals surface area (Å²) in [6.07, 6.45) is 3.85. The van der Waals surface area contributed by atoms with Crippen LogP contribution in [0.4, 0.5) is 4.39 Å². The Balaban J connectivity index is 2.80. The van der Waals surface area contributed by atoms with Crippen LogP contribution in [0, 0.1) is 12.8 Å². The van der Waals surface area contributed by atoms with Gasteiger partial charge < -0.3 is 9.47 Å². The molecule has 0 N–H and O–H groups in total. The van der Waals surface area contributed by atoms with Crippen LogP contribution in [0.15, 0.2) is 53.4 Å². The zero-order valence-corrected chi connectivity index (χ0v) is 16.4. The van der Waals surface area contributed by atoms with E-state index in [1.165, 1.54) is 13.2 Å². The topological polar surface area (TPSA) is 35.5 Å². The number of rotatable bonds is 5. The van der Waals surface area contributed by atoms with Gasteiger partial charge in [-0.1, -0.05) is 42.8 Å². The smallest absolute Gasteiger partial charge is 0.338 e. The van der Waals surface area contributed by atoms with Crippen LogP contribution >= 0.6 is 0 Å². The maximum Gasteiger partial charge on any atom is 0.338 e. The van der Waals surface area contributed by atoms with Gasteiger partial charge in [0.1, 0.15) is 5.83 Å². The number of carbonyl (C=O) groups is 1. The molecule has 2 rings (SSSR count). The van der Waals surface area contributed by atoms with Crippen LogP contribution in [0.3, 0.4) is 0 Å². The predicted octanol–water partition coefficient (Wildman–Crippen LogP) is 5.17. The van der Waals surface area contributed by atoms with E-state index in [2.05, 4.69) is 0 Å². The lowest BCUT2D eigenvalue weighted by atomic mass is 9.82. The molecule has 26 heavy (non-hydrogen) atoms. The number of ether oxygens (including phenoxy) is 2. The van der Waals surface area contributed by atoms with Crippen LogP contribution in [-0.4, -0.2) is 25.8 Å². The second kappa shape index (κ2) is 8.00. The van der Waals surface area contributed by atoms with Gasteiger partial charge in [0.25, 0.3) is 0 Å². The van der Waals surface area contributed by atoms with Crippen molar-refractivity contribution in [3.05, 3.63) is 64.5 Å². The number of benzene rings is 1. The van der Waals surface area contributed by atoms with Gasteiger partial charge in [-0.3, -0.25) is 0 Å². The minimum Gasteiger partial charge on any atom is -0.465 e. The predicted molar refractivity (Wildman–Crippen MR) is 102 cm³/mol. The number of halogens is 1. The quantitative estimate of drug-likeness (QED) is 0.538. The first-order valence-electron chi connectivity index (χ1n) is 8.74. The third-order valence-electron chi connectivity index (χ3n) is 4.84. The highest BCUT2D eigenvalue weighted by molar-refractivity contribution is 6.04. The van der Waals surface area contributed by atoms with Crippen molar-refractivity contribution in [2.45, 2.75) is 39.7 Å². The molecule has 0 spiro atoms. The number of allylic oxidation sites excluding steroid dienone is 3. The summed E-state index contributed by atoms with van der Waals surface area (Å²) in [7, 11) is 2.93. The summed E-state index contributed by atoms with van der Waals surface area (Å²) >= 11 is 0. The fourth-order valence-corrected chi connectivity index (χ4v) is 3.02. The van der Waals surface area contributed by atoms with Crippen LogP contribution in [0.5, 0.6) is 0 Å². The molecule has 0 amide bonds. The Hall–Kier alpha value is -2.20. The standard InChI is InChI=1S/C22H27FO3/c1-14-7-10-16(11-8-14)20(22(3,4)26-6)19(21(24)25-5)17-12-9-15(2)18(23)13-17/h7-8,10-13,15H,9H2,1-6H3/b20-19-. The normalized spacial score (nSPS) is 18.7. The summed E-state index contributed by atoms with van der Waals surface area (Å²) in [5, 5.41) is 0. The van der Waals surface area contributed by atoms with Crippen LogP contribution in [0.2, 0.25) is 0 Å². The molecule has 1 aliphatic carbocycles. The summed E-state index contributed by atoms with van der Waals surface area (Å²) in [6, 6.07) is 7.84. The van der Waals surface area contributed by atoms with E-state index in [0.29, 0.717) is 23.1 Å². The molecule has 4 heteroatoms. The summed E-state index contributed by atoms with van der Waals surface area (Å²) in [6.45, 7) is 7.59. The summed E-state index contributed by atoms with van der Waals surface area (Å²) in [5.41, 5.74) is 2.73. The van der Waals surface area contributed by atoms with E-state index in [-0.39, 0.29) is 11.7 Å². The van der Waals surface area contributed by atoms with Crippen molar-refractivity contribution in [3.63, 3.8) is 0 Å². The van der Waals surface area contributed by atoms with Gasteiger partial charge >= 0.3 is 5.97 Å². The van der Waals surface area contributed by atoms with Crippen molar-refractivity contribution in [1.82, 2.24) is 0 Å². The number of hydrogen-bond donors (Lipinski definition) is 0. The summed E-state index contributed by atoms with van der Waals surface area (Å²) in [4.78, 5) is 12.7. The van der Waals surface area contributed by atoms with E-state index in [1.807, 2.05) is 58.0 Å². The average Bonchev–Trinajstić information content (AvgIpc) is 2.62. The molecular formula is C22H27FO3. The third kappa shape index (κ3) is 4.13. The molecule has 0 saturated heterocycles. The monoisotopic (exact) mass is 358 g/mol. The molecule has 0 bridgehead atoms. The lowest BCUT2D eigenvalue weighted by molar-refractivity contribution is -0.135. The van der Waals surface area contributed by atoms with E-state index in [9.17, 15) is 9.18 Å². The van der Waals surface area contributed by atoms with Crippen LogP contribution < -0.4 is 0 Å². The molecule has 140 valence electrons. The molecule has 1 aliphatic rings. The van der Waals surface area contributed by atoms with Crippen molar-refractivity contribution in [2.24, 2.45) is 5.92 Å². The largest absolute Gasteiger partial charge is 0.465 e. The van der Waals surface area contributed by atoms with E-state index in [1.54, 1.807) is 7.11 Å². The van der Waals surface area contributed by atoms with Crippen molar-refractivity contribution in [2.75, 3.05) is 14.2 Å². The Bertz CT molecular complexity index is 767. The molecule has 1 unspecified atom stereocenters. The molecule has 1 aromatic rings. The SMILES string of the molecule is COC(=O)/C(C1=CCC(C)C(F)=C1)=C(/c1ccc(C)cc1)C(C)(C)OC. The first-order valence-corrected chi connectivity index (χ1v) is 8.74. The number of esters is 1. The van der Waals surface area contributed by atoms with Crippen molar-refractivity contribution in [3.8, 4) is 0 Å². The van der Waals surface area contributed by atoms with Gasteiger partial charge in [-0.25, -0.2) is 9.18 Å². The summed E-state index contributed by atoms with van der Waals surface area (Å²) < 4.78 is 25.0. The highest BCUT2D eigenvalue weighted by Crippen LogP contribution is 2.38. The second-order valence-corrected chi connectivity index (χ2v) is 7.15. The highest BCUT2D eigenvalue weighted by atomic mass is 19.1. The second-order valence-electron chi connectivity index (χ2n) is 7.15. The van der Waals surface area contributed by atoms with Gasteiger partial charge in [0.15, 0.2) is 0 Å². The molecule has 0 saturated carbocycles. The fourth-order valence-electron chi connectivity index (χ4n) is 3.02. The zero-order valence-electron chi connectivity index (χ0n) is 16.4. The lowest BCUT2D eigenvalue weighted by Gasteiger charge is -2.30. The van der Waals surface area contributed by atoms with Crippen molar-refractivity contribution in [1.29, 1.82) is 0 Å². The highest BCUT2D eigenvalue weighted by Gasteiger charge is 2.33.